The maximum Gasteiger partial charge on any atom is 0.211 e. The summed E-state index contributed by atoms with van der Waals surface area (Å²) in [4.78, 5) is 10.7. The molecule has 0 N–H and O–H groups in total. The molecule has 0 amide bonds. The summed E-state index contributed by atoms with van der Waals surface area (Å²) in [6.07, 6.45) is 4.13. The first-order valence-electron chi connectivity index (χ1n) is 2.90. The molecule has 0 fully saturated rings. The van der Waals surface area contributed by atoms with Crippen molar-refractivity contribution in [1.82, 2.24) is 0 Å². The predicted octanol–water partition coefficient (Wildman–Crippen LogP) is 2.05. The summed E-state index contributed by atoms with van der Waals surface area (Å²) < 4.78 is 0. The van der Waals surface area contributed by atoms with Crippen molar-refractivity contribution in [2.24, 2.45) is 0 Å². The first-order chi connectivity index (χ1) is 4.31. The molecule has 0 unspecified atom stereocenters. The Morgan fingerprint density at radius 2 is 2.44 bits per heavy atom. The summed E-state index contributed by atoms with van der Waals surface area (Å²) in [7, 11) is 0. The van der Waals surface area contributed by atoms with Crippen LogP contribution in [0.1, 0.15) is 13.3 Å². The molecule has 0 atom stereocenters. The summed E-state index contributed by atoms with van der Waals surface area (Å²) in [6, 6.07) is 0. The van der Waals surface area contributed by atoms with Crippen molar-refractivity contribution in [2.45, 2.75) is 13.3 Å². The molecule has 51 valence electrons. The maximum atomic E-state index is 10.7. The Balaban J connectivity index is 3.27. The summed E-state index contributed by atoms with van der Waals surface area (Å²) in [5.41, 5.74) is 0. The van der Waals surface area contributed by atoms with Crippen molar-refractivity contribution in [1.29, 1.82) is 0 Å². The second-order valence-corrected chi connectivity index (χ2v) is 2.62. The topological polar surface area (TPSA) is 17.1 Å². The largest absolute Gasteiger partial charge is 0.282 e. The van der Waals surface area contributed by atoms with E-state index in [1.165, 1.54) is 11.8 Å². The van der Waals surface area contributed by atoms with Crippen LogP contribution in [-0.2, 0) is 4.79 Å². The van der Waals surface area contributed by atoms with Crippen molar-refractivity contribution >= 4 is 16.9 Å². The molecular weight excluding hydrogens is 132 g/mol. The fraction of sp³-hybridized carbons (Fsp3) is 0.429. The van der Waals surface area contributed by atoms with Crippen LogP contribution in [0.4, 0.5) is 0 Å². The predicted molar refractivity (Wildman–Crippen MR) is 42.3 cm³/mol. The zero-order chi connectivity index (χ0) is 7.11. The van der Waals surface area contributed by atoms with Gasteiger partial charge >= 0.3 is 0 Å². The second-order valence-electron chi connectivity index (χ2n) is 1.52. The number of hydrogen-bond donors (Lipinski definition) is 0. The number of allylic oxidation sites excluding steroid dienone is 1. The number of rotatable bonds is 3. The normalized spacial score (nSPS) is 10.4. The van der Waals surface area contributed by atoms with Crippen LogP contribution in [0.25, 0.3) is 0 Å². The molecule has 0 aromatic carbocycles. The fourth-order valence-corrected chi connectivity index (χ4v) is 0.935. The molecular formula is C7H11OS. The van der Waals surface area contributed by atoms with Gasteiger partial charge in [0.2, 0.25) is 5.12 Å². The van der Waals surface area contributed by atoms with Gasteiger partial charge in [-0.25, -0.2) is 0 Å². The van der Waals surface area contributed by atoms with E-state index in [-0.39, 0.29) is 5.12 Å². The van der Waals surface area contributed by atoms with Crippen LogP contribution in [0.3, 0.4) is 0 Å². The van der Waals surface area contributed by atoms with Crippen LogP contribution >= 0.6 is 11.8 Å². The molecule has 0 saturated carbocycles. The van der Waals surface area contributed by atoms with Gasteiger partial charge in [0, 0.05) is 5.75 Å². The van der Waals surface area contributed by atoms with Crippen molar-refractivity contribution in [3.63, 3.8) is 0 Å². The van der Waals surface area contributed by atoms with E-state index in [1.54, 1.807) is 12.2 Å². The highest BCUT2D eigenvalue weighted by Gasteiger charge is 1.92. The highest BCUT2D eigenvalue weighted by atomic mass is 32.2. The van der Waals surface area contributed by atoms with Gasteiger partial charge in [-0.2, -0.15) is 0 Å². The lowest BCUT2D eigenvalue weighted by atomic mass is 10.6. The molecule has 0 heterocycles. The summed E-state index contributed by atoms with van der Waals surface area (Å²) in [5.74, 6) is 0.823. The van der Waals surface area contributed by atoms with E-state index in [1.807, 2.05) is 6.92 Å². The van der Waals surface area contributed by atoms with Gasteiger partial charge in [-0.3, -0.25) is 4.79 Å². The second kappa shape index (κ2) is 5.89. The van der Waals surface area contributed by atoms with E-state index in [0.717, 1.165) is 12.2 Å². The van der Waals surface area contributed by atoms with Crippen LogP contribution < -0.4 is 0 Å². The first-order valence-corrected chi connectivity index (χ1v) is 3.88. The molecule has 0 spiro atoms. The smallest absolute Gasteiger partial charge is 0.211 e. The van der Waals surface area contributed by atoms with Crippen molar-refractivity contribution in [3.8, 4) is 0 Å². The highest BCUT2D eigenvalue weighted by Crippen LogP contribution is 2.03. The van der Waals surface area contributed by atoms with Gasteiger partial charge in [0.1, 0.15) is 0 Å². The van der Waals surface area contributed by atoms with Gasteiger partial charge in [0.25, 0.3) is 0 Å². The van der Waals surface area contributed by atoms with Crippen LogP contribution in [0, 0.1) is 6.92 Å². The van der Waals surface area contributed by atoms with Gasteiger partial charge in [0.15, 0.2) is 0 Å². The van der Waals surface area contributed by atoms with Crippen molar-refractivity contribution < 1.29 is 4.79 Å². The molecule has 0 aliphatic heterocycles. The average Bonchev–Trinajstić information content (AvgIpc) is 1.85. The Kier molecular flexibility index (Phi) is 5.73. The minimum Gasteiger partial charge on any atom is -0.282 e. The minimum absolute atomic E-state index is 0.126. The monoisotopic (exact) mass is 143 g/mol. The molecule has 0 bridgehead atoms. The first kappa shape index (κ1) is 8.76. The highest BCUT2D eigenvalue weighted by molar-refractivity contribution is 8.14. The molecule has 0 aromatic heterocycles. The Morgan fingerprint density at radius 3 is 2.89 bits per heavy atom. The molecule has 0 aliphatic carbocycles. The maximum absolute atomic E-state index is 10.7. The van der Waals surface area contributed by atoms with E-state index in [2.05, 4.69) is 6.92 Å². The molecule has 0 aliphatic rings. The SMILES string of the molecule is [CH2]CCSC(=O)C=CC. The molecule has 0 rings (SSSR count). The van der Waals surface area contributed by atoms with Crippen LogP contribution in [0.2, 0.25) is 0 Å². The van der Waals surface area contributed by atoms with E-state index >= 15 is 0 Å². The standard InChI is InChI=1S/C7H11OS/c1-3-5-7(8)9-6-4-2/h3,5H,2,4,6H2,1H3. The van der Waals surface area contributed by atoms with Crippen LogP contribution in [0.15, 0.2) is 12.2 Å². The molecule has 0 saturated heterocycles. The quantitative estimate of drug-likeness (QED) is 0.562. The number of carbonyl (C=O) groups is 1. The lowest BCUT2D eigenvalue weighted by Gasteiger charge is -1.88. The third-order valence-corrected chi connectivity index (χ3v) is 1.60. The van der Waals surface area contributed by atoms with E-state index in [4.69, 9.17) is 0 Å². The Labute approximate surface area is 60.5 Å². The third-order valence-electron chi connectivity index (χ3n) is 0.691. The summed E-state index contributed by atoms with van der Waals surface area (Å²) in [6.45, 7) is 5.46. The minimum atomic E-state index is 0.126. The zero-order valence-corrected chi connectivity index (χ0v) is 6.41. The van der Waals surface area contributed by atoms with Crippen molar-refractivity contribution in [3.05, 3.63) is 19.1 Å². The summed E-state index contributed by atoms with van der Waals surface area (Å²) in [5, 5.41) is 0.126. The van der Waals surface area contributed by atoms with Gasteiger partial charge in [0.05, 0.1) is 0 Å². The molecule has 0 aromatic rings. The van der Waals surface area contributed by atoms with Gasteiger partial charge in [-0.1, -0.05) is 24.8 Å². The third kappa shape index (κ3) is 5.63. The van der Waals surface area contributed by atoms with Crippen molar-refractivity contribution in [2.75, 3.05) is 5.75 Å². The average molecular weight is 143 g/mol. The van der Waals surface area contributed by atoms with Crippen LogP contribution in [-0.4, -0.2) is 10.9 Å². The molecule has 1 nitrogen and oxygen atoms in total. The van der Waals surface area contributed by atoms with Gasteiger partial charge in [-0.05, 0) is 19.4 Å². The number of thioether (sulfide) groups is 1. The van der Waals surface area contributed by atoms with Gasteiger partial charge < -0.3 is 0 Å². The lowest BCUT2D eigenvalue weighted by Crippen LogP contribution is -1.85. The number of carbonyl (C=O) groups excluding carboxylic acids is 1. The molecule has 1 radical (unpaired) electrons. The number of hydrogen-bond acceptors (Lipinski definition) is 2. The van der Waals surface area contributed by atoms with E-state index in [0.29, 0.717) is 0 Å². The Bertz CT molecular complexity index is 107. The Morgan fingerprint density at radius 1 is 1.78 bits per heavy atom. The lowest BCUT2D eigenvalue weighted by molar-refractivity contribution is -0.107. The fourth-order valence-electron chi connectivity index (χ4n) is 0.357. The molecule has 2 heteroatoms. The van der Waals surface area contributed by atoms with Gasteiger partial charge in [-0.15, -0.1) is 0 Å². The molecule has 9 heavy (non-hydrogen) atoms. The van der Waals surface area contributed by atoms with E-state index in [9.17, 15) is 4.79 Å². The van der Waals surface area contributed by atoms with Crippen LogP contribution in [0.5, 0.6) is 0 Å². The Hall–Kier alpha value is -0.240. The summed E-state index contributed by atoms with van der Waals surface area (Å²) >= 11 is 1.31. The zero-order valence-electron chi connectivity index (χ0n) is 5.59. The van der Waals surface area contributed by atoms with E-state index < -0.39 is 0 Å².